The number of ether oxygens (including phenoxy) is 1. The van der Waals surface area contributed by atoms with E-state index < -0.39 is 0 Å². The van der Waals surface area contributed by atoms with E-state index in [-0.39, 0.29) is 0 Å². The van der Waals surface area contributed by atoms with Gasteiger partial charge < -0.3 is 10.1 Å². The summed E-state index contributed by atoms with van der Waals surface area (Å²) in [6.07, 6.45) is 5.41. The van der Waals surface area contributed by atoms with E-state index in [1.54, 1.807) is 0 Å². The second kappa shape index (κ2) is 6.13. The SMILES string of the molecule is CC(C)N[C@H]1C[C@@H](Oc2cc(CC(C)(C)C)ccn2)C1. The standard InChI is InChI=1S/C17H28N2O/c1-12(2)19-14-9-15(10-14)20-16-8-13(6-7-18-16)11-17(3,4)5/h6-8,12,14-15,19H,9-11H2,1-5H3/t14-,15+. The molecule has 0 bridgehead atoms. The molecule has 0 aliphatic heterocycles. The quantitative estimate of drug-likeness (QED) is 0.892. The van der Waals surface area contributed by atoms with Gasteiger partial charge in [-0.1, -0.05) is 34.6 Å². The Kier molecular flexibility index (Phi) is 4.69. The van der Waals surface area contributed by atoms with Crippen molar-refractivity contribution >= 4 is 0 Å². The third-order valence-corrected chi connectivity index (χ3v) is 3.48. The molecule has 3 nitrogen and oxygen atoms in total. The summed E-state index contributed by atoms with van der Waals surface area (Å²) in [4.78, 5) is 4.33. The molecule has 1 N–H and O–H groups in total. The van der Waals surface area contributed by atoms with E-state index >= 15 is 0 Å². The lowest BCUT2D eigenvalue weighted by Crippen LogP contribution is -2.49. The molecule has 1 fully saturated rings. The molecule has 0 aromatic carbocycles. The van der Waals surface area contributed by atoms with Crippen LogP contribution in [0, 0.1) is 5.41 Å². The van der Waals surface area contributed by atoms with Crippen LogP contribution in [0.3, 0.4) is 0 Å². The van der Waals surface area contributed by atoms with E-state index in [0.29, 0.717) is 23.6 Å². The minimum Gasteiger partial charge on any atom is -0.474 e. The third-order valence-electron chi connectivity index (χ3n) is 3.48. The average molecular weight is 276 g/mol. The van der Waals surface area contributed by atoms with Gasteiger partial charge in [0, 0.05) is 24.3 Å². The maximum absolute atomic E-state index is 5.97. The molecule has 0 atom stereocenters. The van der Waals surface area contributed by atoms with Crippen LogP contribution in [0.1, 0.15) is 53.0 Å². The molecular formula is C17H28N2O. The zero-order valence-corrected chi connectivity index (χ0v) is 13.4. The van der Waals surface area contributed by atoms with Gasteiger partial charge >= 0.3 is 0 Å². The van der Waals surface area contributed by atoms with E-state index in [9.17, 15) is 0 Å². The van der Waals surface area contributed by atoms with Gasteiger partial charge in [-0.05, 0) is 36.3 Å². The Labute approximate surface area is 123 Å². The first-order valence-corrected chi connectivity index (χ1v) is 7.69. The molecule has 1 aromatic rings. The van der Waals surface area contributed by atoms with E-state index in [0.717, 1.165) is 25.1 Å². The molecule has 0 amide bonds. The molecule has 0 unspecified atom stereocenters. The molecule has 0 saturated heterocycles. The van der Waals surface area contributed by atoms with Crippen molar-refractivity contribution in [1.29, 1.82) is 0 Å². The normalized spacial score (nSPS) is 22.7. The summed E-state index contributed by atoms with van der Waals surface area (Å²) in [5.41, 5.74) is 1.60. The van der Waals surface area contributed by atoms with Crippen molar-refractivity contribution in [3.05, 3.63) is 23.9 Å². The second-order valence-corrected chi connectivity index (χ2v) is 7.47. The Balaban J connectivity index is 1.84. The fourth-order valence-corrected chi connectivity index (χ4v) is 2.68. The molecule has 2 rings (SSSR count). The first-order chi connectivity index (χ1) is 9.32. The predicted octanol–water partition coefficient (Wildman–Crippen LogP) is 3.58. The molecule has 1 aliphatic carbocycles. The van der Waals surface area contributed by atoms with E-state index in [1.807, 2.05) is 6.20 Å². The highest BCUT2D eigenvalue weighted by molar-refractivity contribution is 5.22. The Morgan fingerprint density at radius 1 is 1.35 bits per heavy atom. The van der Waals surface area contributed by atoms with Gasteiger partial charge in [-0.2, -0.15) is 0 Å². The second-order valence-electron chi connectivity index (χ2n) is 7.47. The van der Waals surface area contributed by atoms with Crippen molar-refractivity contribution in [3.63, 3.8) is 0 Å². The van der Waals surface area contributed by atoms with Gasteiger partial charge in [-0.3, -0.25) is 0 Å². The summed E-state index contributed by atoms with van der Waals surface area (Å²) in [5, 5.41) is 3.54. The van der Waals surface area contributed by atoms with Crippen LogP contribution in [-0.2, 0) is 6.42 Å². The van der Waals surface area contributed by atoms with Gasteiger partial charge in [0.1, 0.15) is 6.10 Å². The monoisotopic (exact) mass is 276 g/mol. The van der Waals surface area contributed by atoms with Crippen molar-refractivity contribution in [3.8, 4) is 5.88 Å². The predicted molar refractivity (Wildman–Crippen MR) is 83.1 cm³/mol. The smallest absolute Gasteiger partial charge is 0.213 e. The number of hydrogen-bond acceptors (Lipinski definition) is 3. The van der Waals surface area contributed by atoms with Gasteiger partial charge in [0.15, 0.2) is 0 Å². The van der Waals surface area contributed by atoms with Crippen LogP contribution in [0.5, 0.6) is 5.88 Å². The number of aromatic nitrogens is 1. The fourth-order valence-electron chi connectivity index (χ4n) is 2.68. The van der Waals surface area contributed by atoms with Crippen LogP contribution in [0.4, 0.5) is 0 Å². The van der Waals surface area contributed by atoms with Crippen LogP contribution in [0.15, 0.2) is 18.3 Å². The Hall–Kier alpha value is -1.09. The molecule has 1 saturated carbocycles. The summed E-state index contributed by atoms with van der Waals surface area (Å²) in [7, 11) is 0. The lowest BCUT2D eigenvalue weighted by molar-refractivity contribution is 0.0771. The molecular weight excluding hydrogens is 248 g/mol. The minimum atomic E-state index is 0.293. The van der Waals surface area contributed by atoms with E-state index in [1.165, 1.54) is 5.56 Å². The minimum absolute atomic E-state index is 0.293. The maximum Gasteiger partial charge on any atom is 0.213 e. The summed E-state index contributed by atoms with van der Waals surface area (Å²) >= 11 is 0. The summed E-state index contributed by atoms with van der Waals surface area (Å²) in [5.74, 6) is 0.778. The van der Waals surface area contributed by atoms with Gasteiger partial charge in [0.25, 0.3) is 0 Å². The highest BCUT2D eigenvalue weighted by atomic mass is 16.5. The number of nitrogens with zero attached hydrogens (tertiary/aromatic N) is 1. The van der Waals surface area contributed by atoms with E-state index in [4.69, 9.17) is 4.74 Å². The molecule has 3 heteroatoms. The van der Waals surface area contributed by atoms with Crippen molar-refractivity contribution in [2.75, 3.05) is 0 Å². The lowest BCUT2D eigenvalue weighted by atomic mass is 9.88. The molecule has 1 heterocycles. The van der Waals surface area contributed by atoms with E-state index in [2.05, 4.69) is 57.1 Å². The van der Waals surface area contributed by atoms with Crippen LogP contribution >= 0.6 is 0 Å². The molecule has 1 aromatic heterocycles. The largest absolute Gasteiger partial charge is 0.474 e. The fraction of sp³-hybridized carbons (Fsp3) is 0.706. The highest BCUT2D eigenvalue weighted by Crippen LogP contribution is 2.27. The van der Waals surface area contributed by atoms with Crippen molar-refractivity contribution in [1.82, 2.24) is 10.3 Å². The Morgan fingerprint density at radius 2 is 2.05 bits per heavy atom. The maximum atomic E-state index is 5.97. The van der Waals surface area contributed by atoms with Crippen LogP contribution in [0.2, 0.25) is 0 Å². The van der Waals surface area contributed by atoms with Crippen molar-refractivity contribution in [2.24, 2.45) is 5.41 Å². The topological polar surface area (TPSA) is 34.1 Å². The lowest BCUT2D eigenvalue weighted by Gasteiger charge is -2.36. The summed E-state index contributed by atoms with van der Waals surface area (Å²) < 4.78 is 5.97. The van der Waals surface area contributed by atoms with Gasteiger partial charge in [0.2, 0.25) is 5.88 Å². The van der Waals surface area contributed by atoms with Gasteiger partial charge in [-0.15, -0.1) is 0 Å². The Morgan fingerprint density at radius 3 is 2.65 bits per heavy atom. The first kappa shape index (κ1) is 15.3. The van der Waals surface area contributed by atoms with Crippen molar-refractivity contribution in [2.45, 2.75) is 72.1 Å². The van der Waals surface area contributed by atoms with Crippen molar-refractivity contribution < 1.29 is 4.74 Å². The molecule has 112 valence electrons. The number of rotatable bonds is 5. The third kappa shape index (κ3) is 4.78. The molecule has 20 heavy (non-hydrogen) atoms. The average Bonchev–Trinajstić information content (AvgIpc) is 2.23. The molecule has 0 spiro atoms. The molecule has 0 radical (unpaired) electrons. The highest BCUT2D eigenvalue weighted by Gasteiger charge is 2.31. The van der Waals surface area contributed by atoms with Crippen LogP contribution in [0.25, 0.3) is 0 Å². The summed E-state index contributed by atoms with van der Waals surface area (Å²) in [6, 6.07) is 5.34. The number of hydrogen-bond donors (Lipinski definition) is 1. The van der Waals surface area contributed by atoms with Gasteiger partial charge in [-0.25, -0.2) is 4.98 Å². The zero-order chi connectivity index (χ0) is 14.8. The number of nitrogens with one attached hydrogen (secondary N) is 1. The zero-order valence-electron chi connectivity index (χ0n) is 13.4. The first-order valence-electron chi connectivity index (χ1n) is 7.69. The molecule has 1 aliphatic rings. The number of pyridine rings is 1. The van der Waals surface area contributed by atoms with Crippen LogP contribution < -0.4 is 10.1 Å². The summed E-state index contributed by atoms with van der Waals surface area (Å²) in [6.45, 7) is 11.1. The van der Waals surface area contributed by atoms with Gasteiger partial charge in [0.05, 0.1) is 0 Å². The van der Waals surface area contributed by atoms with Crippen LogP contribution in [-0.4, -0.2) is 23.2 Å². The Bertz CT molecular complexity index is 431.